The average Bonchev–Trinajstić information content (AvgIpc) is 2.98. The summed E-state index contributed by atoms with van der Waals surface area (Å²) in [7, 11) is -2.45. The van der Waals surface area contributed by atoms with Crippen LogP contribution in [0.3, 0.4) is 0 Å². The summed E-state index contributed by atoms with van der Waals surface area (Å²) in [6.45, 7) is 0.697. The number of ether oxygens (including phenoxy) is 1. The van der Waals surface area contributed by atoms with Gasteiger partial charge in [-0.25, -0.2) is 8.42 Å². The van der Waals surface area contributed by atoms with Gasteiger partial charge >= 0.3 is 5.97 Å². The smallest absolute Gasteiger partial charge is 0.324 e. The number of nitrogens with one attached hydrogen (secondary N) is 2. The van der Waals surface area contributed by atoms with Gasteiger partial charge in [0.25, 0.3) is 10.0 Å². The molecule has 1 atom stereocenters. The number of nitrogens with zero attached hydrogens (tertiary/aromatic N) is 1. The Hall–Kier alpha value is -1.61. The van der Waals surface area contributed by atoms with Gasteiger partial charge in [0.1, 0.15) is 11.1 Å². The monoisotopic (exact) mass is 357 g/mol. The molecule has 2 N–H and O–H groups in total. The molecule has 2 heterocycles. The number of sulfonamides is 1. The van der Waals surface area contributed by atoms with E-state index in [0.29, 0.717) is 17.1 Å². The molecule has 1 saturated heterocycles. The van der Waals surface area contributed by atoms with E-state index >= 15 is 0 Å². The molecule has 1 fully saturated rings. The third-order valence-corrected chi connectivity index (χ3v) is 5.82. The summed E-state index contributed by atoms with van der Waals surface area (Å²) in [5, 5.41) is 4.29. The predicted octanol–water partition coefficient (Wildman–Crippen LogP) is 0.957. The van der Waals surface area contributed by atoms with Crippen LogP contribution in [0.25, 0.3) is 10.9 Å². The van der Waals surface area contributed by atoms with E-state index in [0.717, 1.165) is 5.39 Å². The maximum atomic E-state index is 12.8. The molecule has 124 valence electrons. The summed E-state index contributed by atoms with van der Waals surface area (Å²) < 4.78 is 31.5. The number of carbonyl (C=O) groups excluding carboxylic acids is 1. The van der Waals surface area contributed by atoms with Crippen molar-refractivity contribution in [3.63, 3.8) is 0 Å². The highest BCUT2D eigenvalue weighted by Gasteiger charge is 2.34. The molecule has 0 saturated carbocycles. The summed E-state index contributed by atoms with van der Waals surface area (Å²) in [4.78, 5) is 14.5. The number of piperazine rings is 1. The van der Waals surface area contributed by atoms with E-state index in [1.807, 2.05) is 0 Å². The van der Waals surface area contributed by atoms with Crippen LogP contribution in [0.15, 0.2) is 29.3 Å². The van der Waals surface area contributed by atoms with Crippen molar-refractivity contribution in [2.75, 3.05) is 26.7 Å². The normalized spacial score (nSPS) is 19.8. The second-order valence-electron chi connectivity index (χ2n) is 5.26. The van der Waals surface area contributed by atoms with E-state index in [-0.39, 0.29) is 18.1 Å². The van der Waals surface area contributed by atoms with Crippen LogP contribution in [0.4, 0.5) is 0 Å². The van der Waals surface area contributed by atoms with Gasteiger partial charge in [0.05, 0.1) is 7.11 Å². The first kappa shape index (κ1) is 16.3. The lowest BCUT2D eigenvalue weighted by atomic mass is 10.2. The molecule has 2 aromatic rings. The number of aromatic nitrogens is 1. The van der Waals surface area contributed by atoms with E-state index in [9.17, 15) is 13.2 Å². The Bertz CT molecular complexity index is 849. The Morgan fingerprint density at radius 1 is 1.39 bits per heavy atom. The van der Waals surface area contributed by atoms with Gasteiger partial charge in [-0.1, -0.05) is 11.6 Å². The van der Waals surface area contributed by atoms with Crippen molar-refractivity contribution in [2.24, 2.45) is 0 Å². The quantitative estimate of drug-likeness (QED) is 0.798. The number of methoxy groups -OCH3 is 1. The van der Waals surface area contributed by atoms with Crippen molar-refractivity contribution in [1.29, 1.82) is 0 Å². The van der Waals surface area contributed by atoms with Gasteiger partial charge in [0.2, 0.25) is 0 Å². The van der Waals surface area contributed by atoms with Gasteiger partial charge in [-0.15, -0.1) is 0 Å². The lowest BCUT2D eigenvalue weighted by Crippen LogP contribution is -2.55. The van der Waals surface area contributed by atoms with Crippen LogP contribution in [-0.2, 0) is 19.6 Å². The number of H-pyrrole nitrogens is 1. The maximum absolute atomic E-state index is 12.8. The summed E-state index contributed by atoms with van der Waals surface area (Å²) >= 11 is 5.93. The third-order valence-electron chi connectivity index (χ3n) is 3.80. The minimum absolute atomic E-state index is 0.0329. The number of hydrogen-bond donors (Lipinski definition) is 2. The molecular weight excluding hydrogens is 342 g/mol. The first-order chi connectivity index (χ1) is 10.9. The van der Waals surface area contributed by atoms with Gasteiger partial charge in [-0.05, 0) is 24.3 Å². The molecule has 9 heteroatoms. The number of aromatic amines is 1. The van der Waals surface area contributed by atoms with Crippen LogP contribution >= 0.6 is 11.6 Å². The molecule has 0 radical (unpaired) electrons. The van der Waals surface area contributed by atoms with Crippen molar-refractivity contribution in [1.82, 2.24) is 14.6 Å². The lowest BCUT2D eigenvalue weighted by molar-refractivity contribution is -0.143. The zero-order chi connectivity index (χ0) is 16.6. The number of benzene rings is 1. The first-order valence-electron chi connectivity index (χ1n) is 7.01. The fourth-order valence-corrected chi connectivity index (χ4v) is 4.25. The summed E-state index contributed by atoms with van der Waals surface area (Å²) in [5.41, 5.74) is 0.688. The highest BCUT2D eigenvalue weighted by molar-refractivity contribution is 7.89. The number of halogens is 1. The van der Waals surface area contributed by atoms with Crippen LogP contribution in [0.2, 0.25) is 5.02 Å². The van der Waals surface area contributed by atoms with Crippen LogP contribution in [-0.4, -0.2) is 56.5 Å². The summed E-state index contributed by atoms with van der Waals surface area (Å²) in [5.74, 6) is -0.478. The standard InChI is InChI=1S/C14H16ClN3O4S/c1-22-14(19)12-8-18(5-4-16-12)23(20,21)13-7-9-6-10(15)2-3-11(9)17-13/h2-3,6-7,12,16-17H,4-5,8H2,1H3. The number of hydrogen-bond acceptors (Lipinski definition) is 5. The number of fused-ring (bicyclic) bond motifs is 1. The molecule has 0 amide bonds. The number of esters is 1. The predicted molar refractivity (Wildman–Crippen MR) is 85.9 cm³/mol. The fraction of sp³-hybridized carbons (Fsp3) is 0.357. The molecule has 1 aliphatic heterocycles. The van der Waals surface area contributed by atoms with E-state index in [1.165, 1.54) is 11.4 Å². The summed E-state index contributed by atoms with van der Waals surface area (Å²) in [6, 6.07) is 6.00. The Morgan fingerprint density at radius 2 is 2.17 bits per heavy atom. The third kappa shape index (κ3) is 3.07. The number of rotatable bonds is 3. The van der Waals surface area contributed by atoms with E-state index in [1.54, 1.807) is 24.3 Å². The topological polar surface area (TPSA) is 91.5 Å². The molecule has 3 rings (SSSR count). The summed E-state index contributed by atoms with van der Waals surface area (Å²) in [6.07, 6.45) is 0. The largest absolute Gasteiger partial charge is 0.468 e. The van der Waals surface area contributed by atoms with Gasteiger partial charge in [0.15, 0.2) is 0 Å². The molecule has 0 spiro atoms. The Kier molecular flexibility index (Phi) is 4.33. The second kappa shape index (κ2) is 6.12. The van der Waals surface area contributed by atoms with E-state index < -0.39 is 22.0 Å². The van der Waals surface area contributed by atoms with E-state index in [4.69, 9.17) is 11.6 Å². The first-order valence-corrected chi connectivity index (χ1v) is 8.83. The SMILES string of the molecule is COC(=O)C1CN(S(=O)(=O)c2cc3cc(Cl)ccc3[nH]2)CCN1. The molecular formula is C14H16ClN3O4S. The fourth-order valence-electron chi connectivity index (χ4n) is 2.60. The molecule has 0 aliphatic carbocycles. The molecule has 1 aromatic carbocycles. The van der Waals surface area contributed by atoms with Crippen molar-refractivity contribution in [2.45, 2.75) is 11.1 Å². The van der Waals surface area contributed by atoms with Gasteiger partial charge in [-0.2, -0.15) is 4.31 Å². The zero-order valence-electron chi connectivity index (χ0n) is 12.4. The van der Waals surface area contributed by atoms with Crippen LogP contribution in [0.5, 0.6) is 0 Å². The molecule has 23 heavy (non-hydrogen) atoms. The van der Waals surface area contributed by atoms with Crippen molar-refractivity contribution in [3.8, 4) is 0 Å². The van der Waals surface area contributed by atoms with Crippen molar-refractivity contribution in [3.05, 3.63) is 29.3 Å². The molecule has 0 bridgehead atoms. The highest BCUT2D eigenvalue weighted by atomic mass is 35.5. The van der Waals surface area contributed by atoms with Crippen LogP contribution < -0.4 is 5.32 Å². The van der Waals surface area contributed by atoms with Crippen LogP contribution in [0.1, 0.15) is 0 Å². The molecule has 1 aliphatic rings. The van der Waals surface area contributed by atoms with E-state index in [2.05, 4.69) is 15.0 Å². The van der Waals surface area contributed by atoms with Crippen molar-refractivity contribution >= 4 is 38.5 Å². The molecule has 7 nitrogen and oxygen atoms in total. The number of carbonyl (C=O) groups is 1. The minimum atomic E-state index is -3.72. The second-order valence-corrected chi connectivity index (χ2v) is 7.60. The minimum Gasteiger partial charge on any atom is -0.468 e. The van der Waals surface area contributed by atoms with Gasteiger partial charge in [-0.3, -0.25) is 4.79 Å². The molecule has 1 unspecified atom stereocenters. The Balaban J connectivity index is 1.91. The molecule has 1 aromatic heterocycles. The Morgan fingerprint density at radius 3 is 2.91 bits per heavy atom. The van der Waals surface area contributed by atoms with Crippen LogP contribution in [0, 0.1) is 0 Å². The maximum Gasteiger partial charge on any atom is 0.324 e. The van der Waals surface area contributed by atoms with Gasteiger partial charge in [0, 0.05) is 35.6 Å². The zero-order valence-corrected chi connectivity index (χ0v) is 13.9. The van der Waals surface area contributed by atoms with Crippen molar-refractivity contribution < 1.29 is 17.9 Å². The average molecular weight is 358 g/mol. The van der Waals surface area contributed by atoms with Gasteiger partial charge < -0.3 is 15.0 Å². The lowest BCUT2D eigenvalue weighted by Gasteiger charge is -2.30. The Labute approximate surface area is 138 Å². The highest BCUT2D eigenvalue weighted by Crippen LogP contribution is 2.24.